The lowest BCUT2D eigenvalue weighted by Crippen LogP contribution is -2.48. The zero-order valence-corrected chi connectivity index (χ0v) is 17.4. The quantitative estimate of drug-likeness (QED) is 0.540. The van der Waals surface area contributed by atoms with E-state index in [1.807, 2.05) is 24.3 Å². The van der Waals surface area contributed by atoms with Crippen molar-refractivity contribution in [2.75, 3.05) is 31.1 Å². The molecule has 1 N–H and O–H groups in total. The maximum Gasteiger partial charge on any atom is 0.230 e. The van der Waals surface area contributed by atoms with Crippen LogP contribution in [0, 0.1) is 12.7 Å². The van der Waals surface area contributed by atoms with Crippen molar-refractivity contribution < 1.29 is 9.50 Å². The zero-order chi connectivity index (χ0) is 20.7. The number of nitrogens with zero attached hydrogens (tertiary/aromatic N) is 5. The highest BCUT2D eigenvalue weighted by Gasteiger charge is 2.33. The number of thiazole rings is 1. The van der Waals surface area contributed by atoms with Crippen LogP contribution in [0.25, 0.3) is 4.96 Å². The van der Waals surface area contributed by atoms with Crippen molar-refractivity contribution in [3.8, 4) is 5.88 Å². The number of aromatic hydroxyl groups is 1. The van der Waals surface area contributed by atoms with E-state index in [0.29, 0.717) is 21.2 Å². The molecule has 3 heterocycles. The molecule has 5 rings (SSSR count). The Morgan fingerprint density at radius 3 is 2.40 bits per heavy atom. The van der Waals surface area contributed by atoms with Gasteiger partial charge in [0.15, 0.2) is 0 Å². The maximum atomic E-state index is 14.8. The van der Waals surface area contributed by atoms with Gasteiger partial charge < -0.3 is 10.0 Å². The Kier molecular flexibility index (Phi) is 4.88. The number of para-hydroxylation sites is 1. The molecule has 4 aromatic rings. The van der Waals surface area contributed by atoms with E-state index >= 15 is 0 Å². The molecule has 1 unspecified atom stereocenters. The molecule has 154 valence electrons. The summed E-state index contributed by atoms with van der Waals surface area (Å²) in [5.41, 5.74) is 1.75. The molecular weight excluding hydrogens is 401 g/mol. The van der Waals surface area contributed by atoms with E-state index in [2.05, 4.69) is 32.0 Å². The topological polar surface area (TPSA) is 56.9 Å². The summed E-state index contributed by atoms with van der Waals surface area (Å²) in [6.07, 6.45) is 0. The largest absolute Gasteiger partial charge is 0.492 e. The molecule has 1 aliphatic heterocycles. The Hall–Kier alpha value is -2.97. The average molecular weight is 424 g/mol. The Labute approximate surface area is 177 Å². The predicted octanol–water partition coefficient (Wildman–Crippen LogP) is 3.86. The lowest BCUT2D eigenvalue weighted by atomic mass is 10.0. The van der Waals surface area contributed by atoms with Gasteiger partial charge in [-0.15, -0.1) is 5.10 Å². The van der Waals surface area contributed by atoms with Crippen LogP contribution in [0.4, 0.5) is 10.1 Å². The number of rotatable bonds is 4. The van der Waals surface area contributed by atoms with Crippen LogP contribution in [0.2, 0.25) is 0 Å². The molecule has 1 aliphatic rings. The lowest BCUT2D eigenvalue weighted by Gasteiger charge is -2.40. The fourth-order valence-electron chi connectivity index (χ4n) is 4.10. The van der Waals surface area contributed by atoms with Crippen LogP contribution in [0.5, 0.6) is 5.88 Å². The van der Waals surface area contributed by atoms with Crippen molar-refractivity contribution in [1.29, 1.82) is 0 Å². The number of aromatic nitrogens is 3. The Balaban J connectivity index is 1.50. The Bertz CT molecular complexity index is 1170. The highest BCUT2D eigenvalue weighted by Crippen LogP contribution is 2.41. The van der Waals surface area contributed by atoms with E-state index in [1.165, 1.54) is 27.6 Å². The smallest absolute Gasteiger partial charge is 0.230 e. The first-order valence-corrected chi connectivity index (χ1v) is 10.8. The third-order valence-corrected chi connectivity index (χ3v) is 6.63. The van der Waals surface area contributed by atoms with Crippen LogP contribution in [-0.4, -0.2) is 50.8 Å². The molecule has 1 atom stereocenters. The molecular formula is C22H22FN5OS. The second-order valence-electron chi connectivity index (χ2n) is 7.43. The number of benzene rings is 2. The van der Waals surface area contributed by atoms with E-state index in [9.17, 15) is 9.50 Å². The minimum absolute atomic E-state index is 0.0364. The van der Waals surface area contributed by atoms with Crippen LogP contribution >= 0.6 is 11.3 Å². The minimum Gasteiger partial charge on any atom is -0.492 e. The van der Waals surface area contributed by atoms with Gasteiger partial charge in [-0.3, -0.25) is 4.90 Å². The number of piperazine rings is 1. The van der Waals surface area contributed by atoms with Crippen molar-refractivity contribution in [2.24, 2.45) is 0 Å². The standard InChI is InChI=1S/C22H22FN5OS/c1-15-24-22-28(25-15)21(29)20(30-22)19(17-9-5-6-10-18(17)23)27-13-11-26(12-14-27)16-7-3-2-4-8-16/h2-10,19,29H,11-14H2,1H3. The van der Waals surface area contributed by atoms with Gasteiger partial charge in [-0.25, -0.2) is 9.37 Å². The van der Waals surface area contributed by atoms with E-state index in [4.69, 9.17) is 0 Å². The van der Waals surface area contributed by atoms with Crippen LogP contribution in [0.15, 0.2) is 54.6 Å². The number of hydrogen-bond acceptors (Lipinski definition) is 6. The molecule has 0 amide bonds. The van der Waals surface area contributed by atoms with Gasteiger partial charge in [0.25, 0.3) is 0 Å². The van der Waals surface area contributed by atoms with E-state index in [0.717, 1.165) is 26.2 Å². The minimum atomic E-state index is -0.391. The van der Waals surface area contributed by atoms with Gasteiger partial charge in [0.1, 0.15) is 11.6 Å². The predicted molar refractivity (Wildman–Crippen MR) is 116 cm³/mol. The summed E-state index contributed by atoms with van der Waals surface area (Å²) < 4.78 is 16.3. The average Bonchev–Trinajstić information content (AvgIpc) is 3.28. The first kappa shape index (κ1) is 19.0. The molecule has 6 nitrogen and oxygen atoms in total. The number of halogens is 1. The highest BCUT2D eigenvalue weighted by molar-refractivity contribution is 7.17. The molecule has 1 saturated heterocycles. The SMILES string of the molecule is Cc1nc2sc(C(c3ccccc3F)N3CCN(c4ccccc4)CC3)c(O)n2n1. The molecule has 8 heteroatoms. The molecule has 0 saturated carbocycles. The van der Waals surface area contributed by atoms with Gasteiger partial charge in [-0.05, 0) is 25.1 Å². The fourth-order valence-corrected chi connectivity index (χ4v) is 5.26. The molecule has 2 aromatic carbocycles. The normalized spacial score (nSPS) is 16.3. The Morgan fingerprint density at radius 2 is 1.70 bits per heavy atom. The third kappa shape index (κ3) is 3.32. The van der Waals surface area contributed by atoms with Gasteiger partial charge in [-0.2, -0.15) is 4.52 Å². The van der Waals surface area contributed by atoms with Crippen molar-refractivity contribution in [3.05, 3.63) is 76.7 Å². The summed E-state index contributed by atoms with van der Waals surface area (Å²) in [5, 5.41) is 15.2. The van der Waals surface area contributed by atoms with Crippen LogP contribution < -0.4 is 4.90 Å². The lowest BCUT2D eigenvalue weighted by molar-refractivity contribution is 0.208. The van der Waals surface area contributed by atoms with Crippen molar-refractivity contribution in [2.45, 2.75) is 13.0 Å². The molecule has 0 bridgehead atoms. The van der Waals surface area contributed by atoms with Crippen LogP contribution in [-0.2, 0) is 0 Å². The summed E-state index contributed by atoms with van der Waals surface area (Å²) in [6, 6.07) is 16.7. The first-order valence-electron chi connectivity index (χ1n) is 9.95. The Morgan fingerprint density at radius 1 is 1.00 bits per heavy atom. The maximum absolute atomic E-state index is 14.8. The van der Waals surface area contributed by atoms with E-state index < -0.39 is 6.04 Å². The van der Waals surface area contributed by atoms with Gasteiger partial charge in [-0.1, -0.05) is 47.7 Å². The van der Waals surface area contributed by atoms with Crippen molar-refractivity contribution in [1.82, 2.24) is 19.5 Å². The van der Waals surface area contributed by atoms with Gasteiger partial charge in [0, 0.05) is 37.4 Å². The number of fused-ring (bicyclic) bond motifs is 1. The molecule has 30 heavy (non-hydrogen) atoms. The second kappa shape index (κ2) is 7.70. The summed E-state index contributed by atoms with van der Waals surface area (Å²) in [4.78, 5) is 10.2. The second-order valence-corrected chi connectivity index (χ2v) is 8.44. The van der Waals surface area contributed by atoms with Gasteiger partial charge >= 0.3 is 0 Å². The third-order valence-electron chi connectivity index (χ3n) is 5.55. The van der Waals surface area contributed by atoms with E-state index in [1.54, 1.807) is 19.1 Å². The molecule has 1 fully saturated rings. The van der Waals surface area contributed by atoms with E-state index in [-0.39, 0.29) is 11.7 Å². The van der Waals surface area contributed by atoms with Crippen molar-refractivity contribution >= 4 is 22.0 Å². The molecule has 0 spiro atoms. The number of hydrogen-bond donors (Lipinski definition) is 1. The highest BCUT2D eigenvalue weighted by atomic mass is 32.1. The summed E-state index contributed by atoms with van der Waals surface area (Å²) in [6.45, 7) is 4.95. The number of aryl methyl sites for hydroxylation is 1. The fraction of sp³-hybridized carbons (Fsp3) is 0.273. The molecule has 2 aromatic heterocycles. The monoisotopic (exact) mass is 423 g/mol. The van der Waals surface area contributed by atoms with Crippen LogP contribution in [0.1, 0.15) is 22.3 Å². The summed E-state index contributed by atoms with van der Waals surface area (Å²) >= 11 is 1.36. The molecule has 0 aliphatic carbocycles. The zero-order valence-electron chi connectivity index (χ0n) is 16.6. The summed E-state index contributed by atoms with van der Waals surface area (Å²) in [5.74, 6) is 0.360. The first-order chi connectivity index (χ1) is 14.6. The molecule has 0 radical (unpaired) electrons. The van der Waals surface area contributed by atoms with Crippen molar-refractivity contribution in [3.63, 3.8) is 0 Å². The number of anilines is 1. The summed E-state index contributed by atoms with van der Waals surface area (Å²) in [7, 11) is 0. The van der Waals surface area contributed by atoms with Crippen LogP contribution in [0.3, 0.4) is 0 Å². The van der Waals surface area contributed by atoms with Gasteiger partial charge in [0.05, 0.1) is 10.9 Å². The van der Waals surface area contributed by atoms with Gasteiger partial charge in [0.2, 0.25) is 10.8 Å².